The Hall–Kier alpha value is -3.25. The highest BCUT2D eigenvalue weighted by molar-refractivity contribution is 6.15. The van der Waals surface area contributed by atoms with Gasteiger partial charge in [0.2, 0.25) is 0 Å². The van der Waals surface area contributed by atoms with Crippen molar-refractivity contribution in [3.8, 4) is 0 Å². The molecule has 31 heavy (non-hydrogen) atoms. The number of allylic oxidation sites excluding steroid dienone is 2. The lowest BCUT2D eigenvalue weighted by atomic mass is 9.72. The Morgan fingerprint density at radius 3 is 2.52 bits per heavy atom. The zero-order valence-electron chi connectivity index (χ0n) is 17.9. The second kappa shape index (κ2) is 9.71. The van der Waals surface area contributed by atoms with Crippen LogP contribution < -0.4 is 11.3 Å². The van der Waals surface area contributed by atoms with Crippen LogP contribution in [0.15, 0.2) is 71.6 Å². The molecule has 0 radical (unpaired) electrons. The smallest absolute Gasteiger partial charge is 0.325 e. The fourth-order valence-corrected chi connectivity index (χ4v) is 3.85. The van der Waals surface area contributed by atoms with Crippen molar-refractivity contribution in [3.63, 3.8) is 0 Å². The number of hydrogen-bond donors (Lipinski definition) is 1. The lowest BCUT2D eigenvalue weighted by molar-refractivity contribution is -0.147. The van der Waals surface area contributed by atoms with Crippen molar-refractivity contribution < 1.29 is 14.3 Å². The summed E-state index contributed by atoms with van der Waals surface area (Å²) in [5, 5.41) is 0. The minimum Gasteiger partial charge on any atom is -0.468 e. The van der Waals surface area contributed by atoms with E-state index in [0.717, 1.165) is 30.5 Å². The number of Topliss-reactive ketones (excluding diaryl/α,β-unsaturated/α-hetero) is 1. The summed E-state index contributed by atoms with van der Waals surface area (Å²) in [5.41, 5.74) is 6.73. The Bertz CT molecular complexity index is 1070. The van der Waals surface area contributed by atoms with Gasteiger partial charge in [-0.2, -0.15) is 0 Å². The van der Waals surface area contributed by atoms with Crippen LogP contribution in [-0.4, -0.2) is 29.5 Å². The summed E-state index contributed by atoms with van der Waals surface area (Å²) in [6.45, 7) is 2.53. The number of rotatable bonds is 8. The largest absolute Gasteiger partial charge is 0.468 e. The summed E-state index contributed by atoms with van der Waals surface area (Å²) in [4.78, 5) is 38.2. The Labute approximate surface area is 182 Å². The number of methoxy groups -OCH3 is 1. The Kier molecular flexibility index (Phi) is 7.02. The number of aromatic nitrogens is 1. The highest BCUT2D eigenvalue weighted by atomic mass is 16.5. The number of nitrogens with zero attached hydrogens (tertiary/aromatic N) is 1. The van der Waals surface area contributed by atoms with E-state index in [1.165, 1.54) is 13.2 Å². The normalized spacial score (nSPS) is 19.9. The van der Waals surface area contributed by atoms with E-state index < -0.39 is 23.2 Å². The first-order valence-corrected chi connectivity index (χ1v) is 10.5. The standard InChI is InChI=1S/C25H28N2O4/c1-3-4-8-20-9-7-11-22(28)27(20)17-18-12-14-19(15-13-18)23(29)25(24(30)31-2)16-6-5-10-21(25)26/h5-7,9-16,21H,3-4,8,17,26H2,1-2H3. The molecule has 162 valence electrons. The van der Waals surface area contributed by atoms with E-state index >= 15 is 0 Å². The van der Waals surface area contributed by atoms with E-state index in [2.05, 4.69) is 6.92 Å². The third-order valence-corrected chi connectivity index (χ3v) is 5.70. The van der Waals surface area contributed by atoms with Gasteiger partial charge in [-0.15, -0.1) is 0 Å². The first-order chi connectivity index (χ1) is 14.9. The monoisotopic (exact) mass is 420 g/mol. The molecule has 1 aliphatic carbocycles. The maximum atomic E-state index is 13.3. The Balaban J connectivity index is 1.88. The third-order valence-electron chi connectivity index (χ3n) is 5.70. The summed E-state index contributed by atoms with van der Waals surface area (Å²) in [6.07, 6.45) is 9.35. The van der Waals surface area contributed by atoms with Crippen molar-refractivity contribution in [1.82, 2.24) is 4.57 Å². The number of pyridine rings is 1. The van der Waals surface area contributed by atoms with E-state index in [-0.39, 0.29) is 5.56 Å². The maximum absolute atomic E-state index is 13.3. The van der Waals surface area contributed by atoms with Gasteiger partial charge in [0, 0.05) is 17.3 Å². The highest BCUT2D eigenvalue weighted by Crippen LogP contribution is 2.33. The third kappa shape index (κ3) is 4.44. The summed E-state index contributed by atoms with van der Waals surface area (Å²) < 4.78 is 6.66. The molecule has 6 nitrogen and oxygen atoms in total. The molecule has 0 saturated heterocycles. The lowest BCUT2D eigenvalue weighted by Gasteiger charge is -2.32. The number of nitrogens with two attached hydrogens (primary N) is 1. The highest BCUT2D eigenvalue weighted by Gasteiger charge is 2.50. The number of unbranched alkanes of at least 4 members (excludes halogenated alkanes) is 1. The van der Waals surface area contributed by atoms with Crippen molar-refractivity contribution in [2.45, 2.75) is 38.8 Å². The molecule has 2 atom stereocenters. The molecule has 0 amide bonds. The fourth-order valence-electron chi connectivity index (χ4n) is 3.85. The maximum Gasteiger partial charge on any atom is 0.325 e. The van der Waals surface area contributed by atoms with Crippen LogP contribution in [0.25, 0.3) is 0 Å². The zero-order chi connectivity index (χ0) is 22.4. The first kappa shape index (κ1) is 22.4. The number of ketones is 1. The topological polar surface area (TPSA) is 91.4 Å². The Morgan fingerprint density at radius 2 is 1.87 bits per heavy atom. The van der Waals surface area contributed by atoms with Gasteiger partial charge in [-0.05, 0) is 24.5 Å². The molecule has 2 aromatic rings. The SMILES string of the molecule is CCCCc1cccc(=O)n1Cc1ccc(C(=O)C2(C(=O)OC)C=CC=CC2N)cc1. The van der Waals surface area contributed by atoms with E-state index in [0.29, 0.717) is 12.1 Å². The van der Waals surface area contributed by atoms with Gasteiger partial charge < -0.3 is 15.0 Å². The average molecular weight is 421 g/mol. The van der Waals surface area contributed by atoms with Crippen LogP contribution in [0.5, 0.6) is 0 Å². The molecular formula is C25H28N2O4. The second-order valence-electron chi connectivity index (χ2n) is 7.70. The van der Waals surface area contributed by atoms with Gasteiger partial charge in [-0.25, -0.2) is 0 Å². The fraction of sp³-hybridized carbons (Fsp3) is 0.320. The molecule has 2 N–H and O–H groups in total. The Morgan fingerprint density at radius 1 is 1.13 bits per heavy atom. The van der Waals surface area contributed by atoms with Crippen molar-refractivity contribution in [3.05, 3.63) is 93.9 Å². The van der Waals surface area contributed by atoms with Gasteiger partial charge in [0.15, 0.2) is 11.2 Å². The summed E-state index contributed by atoms with van der Waals surface area (Å²) in [5.74, 6) is -1.11. The molecule has 2 unspecified atom stereocenters. The van der Waals surface area contributed by atoms with Gasteiger partial charge in [0.25, 0.3) is 5.56 Å². The molecule has 1 heterocycles. The summed E-state index contributed by atoms with van der Waals surface area (Å²) in [6, 6.07) is 11.4. The van der Waals surface area contributed by atoms with Crippen LogP contribution in [0, 0.1) is 5.41 Å². The minimum absolute atomic E-state index is 0.0523. The van der Waals surface area contributed by atoms with Crippen molar-refractivity contribution in [2.24, 2.45) is 11.1 Å². The number of aryl methyl sites for hydroxylation is 1. The number of esters is 1. The van der Waals surface area contributed by atoms with Crippen LogP contribution in [0.2, 0.25) is 0 Å². The van der Waals surface area contributed by atoms with Crippen molar-refractivity contribution in [2.75, 3.05) is 7.11 Å². The molecule has 6 heteroatoms. The van der Waals surface area contributed by atoms with E-state index in [4.69, 9.17) is 10.5 Å². The number of carbonyl (C=O) groups excluding carboxylic acids is 2. The van der Waals surface area contributed by atoms with Gasteiger partial charge in [0.05, 0.1) is 19.7 Å². The van der Waals surface area contributed by atoms with Gasteiger partial charge in [-0.1, -0.05) is 68.0 Å². The van der Waals surface area contributed by atoms with E-state index in [1.807, 2.05) is 6.07 Å². The van der Waals surface area contributed by atoms with Crippen LogP contribution in [0.4, 0.5) is 0 Å². The van der Waals surface area contributed by atoms with Crippen LogP contribution >= 0.6 is 0 Å². The molecule has 0 fully saturated rings. The molecular weight excluding hydrogens is 392 g/mol. The molecule has 3 rings (SSSR count). The average Bonchev–Trinajstić information content (AvgIpc) is 2.79. The number of carbonyl (C=O) groups is 2. The quantitative estimate of drug-likeness (QED) is 0.403. The second-order valence-corrected chi connectivity index (χ2v) is 7.70. The van der Waals surface area contributed by atoms with Gasteiger partial charge in [-0.3, -0.25) is 14.4 Å². The van der Waals surface area contributed by atoms with E-state index in [1.54, 1.807) is 59.2 Å². The molecule has 1 aromatic carbocycles. The first-order valence-electron chi connectivity index (χ1n) is 10.5. The van der Waals surface area contributed by atoms with Crippen LogP contribution in [-0.2, 0) is 22.5 Å². The lowest BCUT2D eigenvalue weighted by Crippen LogP contribution is -2.52. The molecule has 1 aromatic heterocycles. The van der Waals surface area contributed by atoms with E-state index in [9.17, 15) is 14.4 Å². The molecule has 0 saturated carbocycles. The van der Waals surface area contributed by atoms with Crippen molar-refractivity contribution >= 4 is 11.8 Å². The summed E-state index contributed by atoms with van der Waals surface area (Å²) in [7, 11) is 1.24. The number of benzene rings is 1. The number of hydrogen-bond acceptors (Lipinski definition) is 5. The van der Waals surface area contributed by atoms with Crippen LogP contribution in [0.3, 0.4) is 0 Å². The zero-order valence-corrected chi connectivity index (χ0v) is 17.9. The molecule has 0 spiro atoms. The number of ether oxygens (including phenoxy) is 1. The predicted octanol–water partition coefficient (Wildman–Crippen LogP) is 3.03. The van der Waals surface area contributed by atoms with Crippen LogP contribution in [0.1, 0.15) is 41.4 Å². The minimum atomic E-state index is -1.59. The molecule has 0 aliphatic heterocycles. The summed E-state index contributed by atoms with van der Waals surface area (Å²) >= 11 is 0. The predicted molar refractivity (Wildman–Crippen MR) is 120 cm³/mol. The molecule has 0 bridgehead atoms. The molecule has 1 aliphatic rings. The van der Waals surface area contributed by atoms with Gasteiger partial charge >= 0.3 is 5.97 Å². The van der Waals surface area contributed by atoms with Gasteiger partial charge in [0.1, 0.15) is 0 Å². The van der Waals surface area contributed by atoms with Crippen molar-refractivity contribution in [1.29, 1.82) is 0 Å².